The lowest BCUT2D eigenvalue weighted by Crippen LogP contribution is -2.49. The van der Waals surface area contributed by atoms with Gasteiger partial charge >= 0.3 is 18.0 Å². The van der Waals surface area contributed by atoms with Crippen LogP contribution in [0.5, 0.6) is 0 Å². The molecule has 1 aliphatic heterocycles. The minimum absolute atomic E-state index is 0.0833. The summed E-state index contributed by atoms with van der Waals surface area (Å²) in [4.78, 5) is 29.3. The van der Waals surface area contributed by atoms with Crippen molar-refractivity contribution in [3.05, 3.63) is 24.2 Å². The number of carbonyl (C=O) groups excluding carboxylic acids is 1. The number of anilines is 1. The number of aromatic nitrogens is 1. The Kier molecular flexibility index (Phi) is 4.63. The fourth-order valence-corrected chi connectivity index (χ4v) is 2.00. The molecule has 1 saturated heterocycles. The number of hydrogen-bond donors (Lipinski definition) is 1. The van der Waals surface area contributed by atoms with Crippen LogP contribution in [0.15, 0.2) is 17.1 Å². The largest absolute Gasteiger partial charge is 0.474 e. The second-order valence-electron chi connectivity index (χ2n) is 4.43. The van der Waals surface area contributed by atoms with Crippen molar-refractivity contribution in [1.82, 2.24) is 9.88 Å². The molecule has 22 heavy (non-hydrogen) atoms. The maximum atomic E-state index is 11.7. The summed E-state index contributed by atoms with van der Waals surface area (Å²) in [6, 6.07) is 1.80. The van der Waals surface area contributed by atoms with E-state index in [0.29, 0.717) is 26.2 Å². The third-order valence-electron chi connectivity index (χ3n) is 3.05. The van der Waals surface area contributed by atoms with Gasteiger partial charge in [0.15, 0.2) is 0 Å². The van der Waals surface area contributed by atoms with Crippen molar-refractivity contribution in [2.75, 3.05) is 37.7 Å². The van der Waals surface area contributed by atoms with Gasteiger partial charge in [0.1, 0.15) is 12.7 Å². The van der Waals surface area contributed by atoms with Crippen molar-refractivity contribution < 1.29 is 23.8 Å². The SMILES string of the molecule is C=CCOC(=O)N1CCN(c2oc(C(=O)O)nc2C#N)CC1. The Bertz CT molecular complexity index is 625. The topological polar surface area (TPSA) is 120 Å². The molecule has 1 aliphatic rings. The van der Waals surface area contributed by atoms with E-state index in [1.165, 1.54) is 11.0 Å². The van der Waals surface area contributed by atoms with Gasteiger partial charge in [0.05, 0.1) is 0 Å². The van der Waals surface area contributed by atoms with Crippen LogP contribution in [0.2, 0.25) is 0 Å². The fraction of sp³-hybridized carbons (Fsp3) is 0.385. The van der Waals surface area contributed by atoms with Gasteiger partial charge in [-0.1, -0.05) is 12.7 Å². The van der Waals surface area contributed by atoms with E-state index in [-0.39, 0.29) is 18.2 Å². The second kappa shape index (κ2) is 6.62. The molecule has 116 valence electrons. The summed E-state index contributed by atoms with van der Waals surface area (Å²) in [5, 5.41) is 17.8. The van der Waals surface area contributed by atoms with Crippen LogP contribution in [0.25, 0.3) is 0 Å². The van der Waals surface area contributed by atoms with Crippen LogP contribution in [0.1, 0.15) is 16.4 Å². The van der Waals surface area contributed by atoms with Crippen molar-refractivity contribution in [1.29, 1.82) is 5.26 Å². The van der Waals surface area contributed by atoms with Crippen LogP contribution in [0.4, 0.5) is 10.7 Å². The van der Waals surface area contributed by atoms with E-state index in [0.717, 1.165) is 0 Å². The average molecular weight is 306 g/mol. The van der Waals surface area contributed by atoms with Crippen LogP contribution in [0, 0.1) is 11.3 Å². The molecule has 1 aromatic heterocycles. The first kappa shape index (κ1) is 15.4. The molecule has 2 heterocycles. The molecule has 9 heteroatoms. The molecule has 1 amide bonds. The summed E-state index contributed by atoms with van der Waals surface area (Å²) < 4.78 is 10.0. The highest BCUT2D eigenvalue weighted by atomic mass is 16.6. The lowest BCUT2D eigenvalue weighted by atomic mass is 10.3. The van der Waals surface area contributed by atoms with Gasteiger partial charge in [-0.3, -0.25) is 0 Å². The van der Waals surface area contributed by atoms with Gasteiger partial charge in [-0.15, -0.1) is 0 Å². The molecule has 1 fully saturated rings. The molecule has 0 radical (unpaired) electrons. The minimum Gasteiger partial charge on any atom is -0.474 e. The Morgan fingerprint density at radius 2 is 2.14 bits per heavy atom. The van der Waals surface area contributed by atoms with Gasteiger partial charge in [-0.05, 0) is 0 Å². The van der Waals surface area contributed by atoms with E-state index in [1.54, 1.807) is 11.0 Å². The molecule has 1 aromatic rings. The Morgan fingerprint density at radius 1 is 1.45 bits per heavy atom. The third-order valence-corrected chi connectivity index (χ3v) is 3.05. The van der Waals surface area contributed by atoms with Gasteiger partial charge in [-0.25, -0.2) is 9.59 Å². The summed E-state index contributed by atoms with van der Waals surface area (Å²) in [5.74, 6) is -1.76. The number of ether oxygens (including phenoxy) is 1. The maximum Gasteiger partial charge on any atom is 0.410 e. The van der Waals surface area contributed by atoms with Crippen LogP contribution in [-0.2, 0) is 4.74 Å². The predicted molar refractivity (Wildman–Crippen MR) is 73.5 cm³/mol. The molecule has 0 bridgehead atoms. The van der Waals surface area contributed by atoms with Crippen molar-refractivity contribution in [3.8, 4) is 6.07 Å². The number of nitriles is 1. The molecule has 0 spiro atoms. The molecule has 0 atom stereocenters. The summed E-state index contributed by atoms with van der Waals surface area (Å²) in [7, 11) is 0. The number of carboxylic acid groups (broad SMARTS) is 1. The number of amides is 1. The summed E-state index contributed by atoms with van der Waals surface area (Å²) in [6.45, 7) is 5.10. The number of oxazole rings is 1. The number of piperazine rings is 1. The van der Waals surface area contributed by atoms with Gasteiger partial charge < -0.3 is 24.1 Å². The zero-order valence-corrected chi connectivity index (χ0v) is 11.7. The number of aromatic carboxylic acids is 1. The third kappa shape index (κ3) is 3.17. The highest BCUT2D eigenvalue weighted by Gasteiger charge is 2.28. The van der Waals surface area contributed by atoms with Crippen LogP contribution < -0.4 is 4.90 Å². The normalized spacial score (nSPS) is 14.3. The number of carboxylic acids is 1. The van der Waals surface area contributed by atoms with Gasteiger partial charge in [0.2, 0.25) is 11.6 Å². The molecule has 0 aromatic carbocycles. The molecular weight excluding hydrogens is 292 g/mol. The lowest BCUT2D eigenvalue weighted by molar-refractivity contribution is 0.0654. The first-order chi connectivity index (χ1) is 10.6. The second-order valence-corrected chi connectivity index (χ2v) is 4.43. The van der Waals surface area contributed by atoms with E-state index in [1.807, 2.05) is 0 Å². The first-order valence-corrected chi connectivity index (χ1v) is 6.48. The quantitative estimate of drug-likeness (QED) is 0.807. The Morgan fingerprint density at radius 3 is 2.68 bits per heavy atom. The molecule has 2 rings (SSSR count). The molecular formula is C13H14N4O5. The molecule has 0 aliphatic carbocycles. The molecule has 9 nitrogen and oxygen atoms in total. The summed E-state index contributed by atoms with van der Waals surface area (Å²) >= 11 is 0. The first-order valence-electron chi connectivity index (χ1n) is 6.48. The number of carbonyl (C=O) groups is 2. The van der Waals surface area contributed by atoms with E-state index >= 15 is 0 Å². The standard InChI is InChI=1S/C13H14N4O5/c1-2-7-21-13(20)17-5-3-16(4-6-17)11-9(8-14)15-10(22-11)12(18)19/h2H,1,3-7H2,(H,18,19). The number of nitrogens with zero attached hydrogens (tertiary/aromatic N) is 4. The van der Waals surface area contributed by atoms with Gasteiger partial charge in [0.25, 0.3) is 0 Å². The summed E-state index contributed by atoms with van der Waals surface area (Å²) in [6.07, 6.45) is 1.04. The van der Waals surface area contributed by atoms with Crippen molar-refractivity contribution in [2.45, 2.75) is 0 Å². The maximum absolute atomic E-state index is 11.7. The van der Waals surface area contributed by atoms with Gasteiger partial charge in [-0.2, -0.15) is 10.2 Å². The van der Waals surface area contributed by atoms with E-state index in [4.69, 9.17) is 19.5 Å². The van der Waals surface area contributed by atoms with Crippen molar-refractivity contribution in [3.63, 3.8) is 0 Å². The molecule has 1 N–H and O–H groups in total. The van der Waals surface area contributed by atoms with Crippen LogP contribution in [-0.4, -0.2) is 59.8 Å². The molecule has 0 saturated carbocycles. The van der Waals surface area contributed by atoms with E-state index in [9.17, 15) is 9.59 Å². The zero-order chi connectivity index (χ0) is 16.1. The lowest BCUT2D eigenvalue weighted by Gasteiger charge is -2.33. The minimum atomic E-state index is -1.34. The predicted octanol–water partition coefficient (Wildman–Crippen LogP) is 0.689. The van der Waals surface area contributed by atoms with Gasteiger partial charge in [0, 0.05) is 26.2 Å². The van der Waals surface area contributed by atoms with Crippen molar-refractivity contribution >= 4 is 17.9 Å². The van der Waals surface area contributed by atoms with E-state index in [2.05, 4.69) is 11.6 Å². The monoisotopic (exact) mass is 306 g/mol. The fourth-order valence-electron chi connectivity index (χ4n) is 2.00. The highest BCUT2D eigenvalue weighted by Crippen LogP contribution is 2.23. The highest BCUT2D eigenvalue weighted by molar-refractivity contribution is 5.83. The Labute approximate surface area is 126 Å². The van der Waals surface area contributed by atoms with E-state index < -0.39 is 18.0 Å². The Balaban J connectivity index is 2.03. The zero-order valence-electron chi connectivity index (χ0n) is 11.7. The Hall–Kier alpha value is -3.02. The molecule has 0 unspecified atom stereocenters. The number of hydrogen-bond acceptors (Lipinski definition) is 7. The summed E-state index contributed by atoms with van der Waals surface area (Å²) in [5.41, 5.74) is -0.0833. The smallest absolute Gasteiger partial charge is 0.410 e. The van der Waals surface area contributed by atoms with Crippen LogP contribution >= 0.6 is 0 Å². The number of rotatable bonds is 4. The average Bonchev–Trinajstić information content (AvgIpc) is 2.97. The van der Waals surface area contributed by atoms with Crippen molar-refractivity contribution in [2.24, 2.45) is 0 Å². The van der Waals surface area contributed by atoms with Crippen LogP contribution in [0.3, 0.4) is 0 Å².